The zero-order valence-corrected chi connectivity index (χ0v) is 14.8. The smallest absolute Gasteiger partial charge is 0.258 e. The van der Waals surface area contributed by atoms with E-state index in [9.17, 15) is 9.59 Å². The van der Waals surface area contributed by atoms with Crippen LogP contribution < -0.4 is 15.0 Å². The molecule has 1 aromatic carbocycles. The number of rotatable bonds is 6. The van der Waals surface area contributed by atoms with Gasteiger partial charge >= 0.3 is 0 Å². The first-order valence-corrected chi connectivity index (χ1v) is 8.58. The standard InChI is InChI=1S/C18H23N5O3/c1-21-13-15(11-20-21)22-7-9-23(10-8-22)18(25)12-19-17(24)14-26-16-5-3-2-4-6-16/h2-6,11,13H,7-10,12,14H2,1H3,(H,19,24). The molecule has 0 atom stereocenters. The average Bonchev–Trinajstić information content (AvgIpc) is 3.12. The van der Waals surface area contributed by atoms with Crippen LogP contribution in [0.25, 0.3) is 0 Å². The molecule has 1 saturated heterocycles. The third kappa shape index (κ3) is 4.75. The highest BCUT2D eigenvalue weighted by molar-refractivity contribution is 5.85. The second kappa shape index (κ2) is 8.37. The maximum atomic E-state index is 12.3. The van der Waals surface area contributed by atoms with Gasteiger partial charge in [0, 0.05) is 39.4 Å². The summed E-state index contributed by atoms with van der Waals surface area (Å²) in [5.74, 6) is 0.237. The monoisotopic (exact) mass is 357 g/mol. The third-order valence-electron chi connectivity index (χ3n) is 4.24. The number of nitrogens with zero attached hydrogens (tertiary/aromatic N) is 4. The Balaban J connectivity index is 1.37. The molecule has 1 aromatic heterocycles. The van der Waals surface area contributed by atoms with Crippen LogP contribution in [0, 0.1) is 0 Å². The number of amides is 2. The summed E-state index contributed by atoms with van der Waals surface area (Å²) >= 11 is 0. The molecule has 3 rings (SSSR count). The van der Waals surface area contributed by atoms with Crippen molar-refractivity contribution in [1.29, 1.82) is 0 Å². The van der Waals surface area contributed by atoms with E-state index in [1.807, 2.05) is 37.6 Å². The average molecular weight is 357 g/mol. The summed E-state index contributed by atoms with van der Waals surface area (Å²) in [5, 5.41) is 6.78. The number of carbonyl (C=O) groups is 2. The second-order valence-electron chi connectivity index (χ2n) is 6.12. The molecule has 1 aliphatic rings. The number of aromatic nitrogens is 2. The number of benzene rings is 1. The lowest BCUT2D eigenvalue weighted by Crippen LogP contribution is -2.51. The molecule has 26 heavy (non-hydrogen) atoms. The molecule has 0 saturated carbocycles. The molecule has 2 aromatic rings. The van der Waals surface area contributed by atoms with Gasteiger partial charge < -0.3 is 19.9 Å². The third-order valence-corrected chi connectivity index (χ3v) is 4.24. The zero-order chi connectivity index (χ0) is 18.4. The van der Waals surface area contributed by atoms with Crippen LogP contribution in [0.1, 0.15) is 0 Å². The van der Waals surface area contributed by atoms with Crippen LogP contribution >= 0.6 is 0 Å². The quantitative estimate of drug-likeness (QED) is 0.802. The Bertz CT molecular complexity index is 738. The largest absolute Gasteiger partial charge is 0.484 e. The minimum atomic E-state index is -0.309. The van der Waals surface area contributed by atoms with Crippen molar-refractivity contribution in [3.63, 3.8) is 0 Å². The topological polar surface area (TPSA) is 79.7 Å². The Morgan fingerprint density at radius 1 is 1.15 bits per heavy atom. The van der Waals surface area contributed by atoms with Gasteiger partial charge in [0.25, 0.3) is 5.91 Å². The first-order chi connectivity index (χ1) is 12.6. The number of hydrogen-bond donors (Lipinski definition) is 1. The Kier molecular flexibility index (Phi) is 5.73. The molecule has 0 spiro atoms. The fourth-order valence-electron chi connectivity index (χ4n) is 2.79. The van der Waals surface area contributed by atoms with E-state index in [1.54, 1.807) is 21.7 Å². The van der Waals surface area contributed by atoms with Gasteiger partial charge in [0.2, 0.25) is 5.91 Å². The SMILES string of the molecule is Cn1cc(N2CCN(C(=O)CNC(=O)COc3ccccc3)CC2)cn1. The number of piperazine rings is 1. The number of aryl methyl sites for hydroxylation is 1. The van der Waals surface area contributed by atoms with Crippen LogP contribution in [0.5, 0.6) is 5.75 Å². The van der Waals surface area contributed by atoms with Gasteiger partial charge in [-0.15, -0.1) is 0 Å². The van der Waals surface area contributed by atoms with Gasteiger partial charge in [0.1, 0.15) is 5.75 Å². The molecule has 0 aliphatic carbocycles. The summed E-state index contributed by atoms with van der Waals surface area (Å²) in [6.07, 6.45) is 3.79. The van der Waals surface area contributed by atoms with E-state index in [-0.39, 0.29) is 25.0 Å². The second-order valence-corrected chi connectivity index (χ2v) is 6.12. The number of ether oxygens (including phenoxy) is 1. The Morgan fingerprint density at radius 3 is 2.54 bits per heavy atom. The van der Waals surface area contributed by atoms with Crippen molar-refractivity contribution in [2.75, 3.05) is 44.2 Å². The summed E-state index contributed by atoms with van der Waals surface area (Å²) in [4.78, 5) is 28.0. The first-order valence-electron chi connectivity index (χ1n) is 8.58. The summed E-state index contributed by atoms with van der Waals surface area (Å²) in [7, 11) is 1.88. The molecular formula is C18H23N5O3. The van der Waals surface area contributed by atoms with Crippen LogP contribution in [0.15, 0.2) is 42.7 Å². The highest BCUT2D eigenvalue weighted by atomic mass is 16.5. The van der Waals surface area contributed by atoms with Crippen molar-refractivity contribution in [1.82, 2.24) is 20.0 Å². The van der Waals surface area contributed by atoms with Crippen molar-refractivity contribution >= 4 is 17.5 Å². The van der Waals surface area contributed by atoms with Gasteiger partial charge in [0.15, 0.2) is 6.61 Å². The van der Waals surface area contributed by atoms with Crippen LogP contribution in [0.4, 0.5) is 5.69 Å². The van der Waals surface area contributed by atoms with Gasteiger partial charge in [-0.2, -0.15) is 5.10 Å². The molecule has 8 heteroatoms. The molecule has 8 nitrogen and oxygen atoms in total. The Hall–Kier alpha value is -3.03. The highest BCUT2D eigenvalue weighted by Crippen LogP contribution is 2.14. The van der Waals surface area contributed by atoms with E-state index in [0.717, 1.165) is 18.8 Å². The fourth-order valence-corrected chi connectivity index (χ4v) is 2.79. The summed E-state index contributed by atoms with van der Waals surface area (Å²) in [6.45, 7) is 2.65. The number of anilines is 1. The maximum absolute atomic E-state index is 12.3. The van der Waals surface area contributed by atoms with E-state index >= 15 is 0 Å². The molecule has 1 aliphatic heterocycles. The first kappa shape index (κ1) is 17.8. The highest BCUT2D eigenvalue weighted by Gasteiger charge is 2.22. The van der Waals surface area contributed by atoms with Gasteiger partial charge in [-0.05, 0) is 12.1 Å². The normalized spacial score (nSPS) is 14.2. The lowest BCUT2D eigenvalue weighted by Gasteiger charge is -2.35. The number of hydrogen-bond acceptors (Lipinski definition) is 5. The summed E-state index contributed by atoms with van der Waals surface area (Å²) in [6, 6.07) is 9.10. The van der Waals surface area contributed by atoms with E-state index < -0.39 is 0 Å². The minimum Gasteiger partial charge on any atom is -0.484 e. The number of nitrogens with one attached hydrogen (secondary N) is 1. The van der Waals surface area contributed by atoms with Gasteiger partial charge in [-0.3, -0.25) is 14.3 Å². The Labute approximate surface area is 152 Å². The molecule has 138 valence electrons. The Morgan fingerprint density at radius 2 is 1.88 bits per heavy atom. The molecule has 2 amide bonds. The maximum Gasteiger partial charge on any atom is 0.258 e. The molecule has 1 N–H and O–H groups in total. The van der Waals surface area contributed by atoms with Gasteiger partial charge in [-0.25, -0.2) is 0 Å². The predicted molar refractivity (Wildman–Crippen MR) is 96.9 cm³/mol. The van der Waals surface area contributed by atoms with E-state index in [1.165, 1.54) is 0 Å². The van der Waals surface area contributed by atoms with Crippen LogP contribution in [0.3, 0.4) is 0 Å². The van der Waals surface area contributed by atoms with E-state index in [0.29, 0.717) is 18.8 Å². The van der Waals surface area contributed by atoms with Crippen LogP contribution in [0.2, 0.25) is 0 Å². The lowest BCUT2D eigenvalue weighted by atomic mass is 10.3. The van der Waals surface area contributed by atoms with Crippen LogP contribution in [-0.2, 0) is 16.6 Å². The molecule has 0 bridgehead atoms. The van der Waals surface area contributed by atoms with Gasteiger partial charge in [-0.1, -0.05) is 18.2 Å². The van der Waals surface area contributed by atoms with Crippen molar-refractivity contribution in [2.24, 2.45) is 7.05 Å². The van der Waals surface area contributed by atoms with Crippen molar-refractivity contribution < 1.29 is 14.3 Å². The van der Waals surface area contributed by atoms with Crippen molar-refractivity contribution in [2.45, 2.75) is 0 Å². The van der Waals surface area contributed by atoms with Crippen LogP contribution in [-0.4, -0.2) is 65.8 Å². The minimum absolute atomic E-state index is 0.0100. The number of carbonyl (C=O) groups excluding carboxylic acids is 2. The molecule has 0 unspecified atom stereocenters. The summed E-state index contributed by atoms with van der Waals surface area (Å²) < 4.78 is 7.12. The van der Waals surface area contributed by atoms with E-state index in [4.69, 9.17) is 4.74 Å². The van der Waals surface area contributed by atoms with Gasteiger partial charge in [0.05, 0.1) is 18.4 Å². The lowest BCUT2D eigenvalue weighted by molar-refractivity contribution is -0.133. The fraction of sp³-hybridized carbons (Fsp3) is 0.389. The predicted octanol–water partition coefficient (Wildman–Crippen LogP) is 0.264. The molecular weight excluding hydrogens is 334 g/mol. The molecule has 2 heterocycles. The zero-order valence-electron chi connectivity index (χ0n) is 14.8. The van der Waals surface area contributed by atoms with Crippen molar-refractivity contribution in [3.05, 3.63) is 42.7 Å². The van der Waals surface area contributed by atoms with E-state index in [2.05, 4.69) is 15.3 Å². The molecule has 0 radical (unpaired) electrons. The number of para-hydroxylation sites is 1. The summed E-state index contributed by atoms with van der Waals surface area (Å²) in [5.41, 5.74) is 1.06. The molecule has 1 fully saturated rings. The van der Waals surface area contributed by atoms with Crippen molar-refractivity contribution in [3.8, 4) is 5.75 Å².